The summed E-state index contributed by atoms with van der Waals surface area (Å²) >= 11 is 0. The molecule has 0 unspecified atom stereocenters. The summed E-state index contributed by atoms with van der Waals surface area (Å²) in [6, 6.07) is 30.2. The molecule has 8 rings (SSSR count). The van der Waals surface area contributed by atoms with E-state index in [2.05, 4.69) is 180 Å². The third-order valence-corrected chi connectivity index (χ3v) is 9.34. The van der Waals surface area contributed by atoms with Crippen LogP contribution in [-0.2, 0) is 14.1 Å². The van der Waals surface area contributed by atoms with E-state index in [1.807, 2.05) is 0 Å². The van der Waals surface area contributed by atoms with Crippen LogP contribution < -0.4 is 9.13 Å². The van der Waals surface area contributed by atoms with Crippen molar-refractivity contribution in [3.8, 4) is 11.4 Å². The lowest BCUT2D eigenvalue weighted by molar-refractivity contribution is -0.654. The number of nitrogens with zero attached hydrogens (tertiary/aromatic N) is 6. The van der Waals surface area contributed by atoms with Crippen molar-refractivity contribution in [2.45, 2.75) is 41.5 Å². The number of aryl methyl sites for hydroxylation is 6. The normalized spacial score (nSPS) is 11.6. The summed E-state index contributed by atoms with van der Waals surface area (Å²) in [7, 11) is 4.28. The van der Waals surface area contributed by atoms with Crippen LogP contribution in [0.1, 0.15) is 33.9 Å². The highest BCUT2D eigenvalue weighted by molar-refractivity contribution is 5.82. The van der Waals surface area contributed by atoms with Gasteiger partial charge in [0.2, 0.25) is 11.6 Å². The van der Waals surface area contributed by atoms with Crippen molar-refractivity contribution in [1.82, 2.24) is 17.9 Å². The van der Waals surface area contributed by atoms with E-state index in [9.17, 15) is 0 Å². The third-order valence-electron chi connectivity index (χ3n) is 9.34. The molecule has 8 aromatic rings. The Bertz CT molecular complexity index is 2330. The van der Waals surface area contributed by atoms with E-state index in [1.165, 1.54) is 78.6 Å². The van der Waals surface area contributed by atoms with Crippen molar-refractivity contribution < 1.29 is 9.13 Å². The van der Waals surface area contributed by atoms with Crippen LogP contribution in [0, 0.1) is 41.5 Å². The van der Waals surface area contributed by atoms with Crippen LogP contribution >= 0.6 is 0 Å². The lowest BCUT2D eigenvalue weighted by Gasteiger charge is -2.09. The number of pyridine rings is 2. The second-order valence-corrected chi connectivity index (χ2v) is 12.1. The Morgan fingerprint density at radius 2 is 1.07 bits per heavy atom. The fourth-order valence-electron chi connectivity index (χ4n) is 6.98. The van der Waals surface area contributed by atoms with E-state index >= 15 is 0 Å². The molecule has 220 valence electrons. The van der Waals surface area contributed by atoms with Crippen molar-refractivity contribution in [3.05, 3.63) is 131 Å². The van der Waals surface area contributed by atoms with E-state index in [-0.39, 0.29) is 0 Å². The summed E-state index contributed by atoms with van der Waals surface area (Å²) in [6.07, 6.45) is 4.27. The highest BCUT2D eigenvalue weighted by Gasteiger charge is 2.27. The zero-order chi connectivity index (χ0) is 30.9. The summed E-state index contributed by atoms with van der Waals surface area (Å²) in [6.45, 7) is 13.1. The molecule has 0 atom stereocenters. The van der Waals surface area contributed by atoms with Gasteiger partial charge in [-0.1, -0.05) is 48.5 Å². The maximum absolute atomic E-state index is 2.38. The largest absolute Gasteiger partial charge is 0.278 e. The molecule has 6 heterocycles. The molecule has 0 fully saturated rings. The van der Waals surface area contributed by atoms with Gasteiger partial charge in [-0.05, 0) is 74.2 Å². The molecule has 0 aliphatic carbocycles. The number of para-hydroxylation sites is 2. The van der Waals surface area contributed by atoms with Gasteiger partial charge in [-0.25, -0.2) is 17.9 Å². The lowest BCUT2D eigenvalue weighted by atomic mass is 10.1. The molecule has 0 N–H and O–H groups in total. The monoisotopic (exact) mass is 580 g/mol. The SMILES string of the molecule is Cc1cccc(C)c1-[n+]1c(C)n(C)c2cc3ccccn3c21.Cc1cccc(C)c1-n1c(C)[n+](C)c2c1cc1ccccn12. The van der Waals surface area contributed by atoms with Crippen LogP contribution in [0.4, 0.5) is 0 Å². The van der Waals surface area contributed by atoms with Crippen molar-refractivity contribution in [1.29, 1.82) is 0 Å². The number of benzene rings is 2. The fraction of sp³-hybridized carbons (Fsp3) is 0.211. The van der Waals surface area contributed by atoms with Gasteiger partial charge >= 0.3 is 0 Å². The number of hydrogen-bond acceptors (Lipinski definition) is 0. The Labute approximate surface area is 258 Å². The fourth-order valence-corrected chi connectivity index (χ4v) is 6.98. The number of imidazole rings is 2. The van der Waals surface area contributed by atoms with Gasteiger partial charge in [0.25, 0.3) is 11.3 Å². The van der Waals surface area contributed by atoms with Gasteiger partial charge < -0.3 is 0 Å². The molecule has 44 heavy (non-hydrogen) atoms. The third kappa shape index (κ3) is 4.01. The Kier molecular flexibility index (Phi) is 6.47. The molecule has 0 aliphatic heterocycles. The smallest absolute Gasteiger partial charge is 0.260 e. The van der Waals surface area contributed by atoms with Gasteiger partial charge in [0.05, 0.1) is 26.5 Å². The first kappa shape index (κ1) is 27.7. The summed E-state index contributed by atoms with van der Waals surface area (Å²) in [5, 5.41) is 0. The van der Waals surface area contributed by atoms with Crippen molar-refractivity contribution in [3.63, 3.8) is 0 Å². The van der Waals surface area contributed by atoms with Crippen LogP contribution in [0.15, 0.2) is 97.3 Å². The average Bonchev–Trinajstić information content (AvgIpc) is 3.70. The number of fused-ring (bicyclic) bond motifs is 6. The van der Waals surface area contributed by atoms with E-state index in [0.29, 0.717) is 0 Å². The van der Waals surface area contributed by atoms with E-state index in [4.69, 9.17) is 0 Å². The molecule has 6 nitrogen and oxygen atoms in total. The average molecular weight is 581 g/mol. The molecular weight excluding hydrogens is 540 g/mol. The lowest BCUT2D eigenvalue weighted by Crippen LogP contribution is -2.36. The molecule has 0 amide bonds. The van der Waals surface area contributed by atoms with Crippen molar-refractivity contribution in [2.75, 3.05) is 0 Å². The quantitative estimate of drug-likeness (QED) is 0.192. The predicted molar refractivity (Wildman–Crippen MR) is 179 cm³/mol. The van der Waals surface area contributed by atoms with Crippen LogP contribution in [-0.4, -0.2) is 17.9 Å². The number of hydrogen-bond donors (Lipinski definition) is 0. The van der Waals surface area contributed by atoms with E-state index in [1.54, 1.807) is 0 Å². The molecular formula is C38H40N6+2. The maximum Gasteiger partial charge on any atom is 0.278 e. The van der Waals surface area contributed by atoms with Gasteiger partial charge in [0.1, 0.15) is 22.4 Å². The molecule has 0 radical (unpaired) electrons. The van der Waals surface area contributed by atoms with Gasteiger partial charge in [-0.2, -0.15) is 4.57 Å². The van der Waals surface area contributed by atoms with E-state index < -0.39 is 0 Å². The zero-order valence-corrected chi connectivity index (χ0v) is 26.9. The van der Waals surface area contributed by atoms with Gasteiger partial charge in [0.15, 0.2) is 11.0 Å². The van der Waals surface area contributed by atoms with Crippen LogP contribution in [0.5, 0.6) is 0 Å². The molecule has 0 aliphatic rings. The first-order valence-electron chi connectivity index (χ1n) is 15.3. The molecule has 0 bridgehead atoms. The Balaban J connectivity index is 0.000000142. The standard InChI is InChI=1S/2C19H20N3/c1-13-8-7-9-14(2)18(13)22-15(3)20(4)19-17(22)12-16-10-5-6-11-21(16)19;1-13-8-7-9-14(2)18(13)22-15(3)20(4)17-12-16-10-5-6-11-21(16)19(17)22/h2*5-12H,1-4H3/q2*+1. The molecule has 0 saturated heterocycles. The first-order chi connectivity index (χ1) is 21.2. The summed E-state index contributed by atoms with van der Waals surface area (Å²) in [5.41, 5.74) is 15.2. The zero-order valence-electron chi connectivity index (χ0n) is 26.9. The highest BCUT2D eigenvalue weighted by Crippen LogP contribution is 2.28. The Morgan fingerprint density at radius 1 is 0.545 bits per heavy atom. The number of aromatic nitrogens is 6. The minimum Gasteiger partial charge on any atom is -0.260 e. The minimum absolute atomic E-state index is 1.23. The maximum atomic E-state index is 2.38. The Morgan fingerprint density at radius 3 is 1.66 bits per heavy atom. The van der Waals surface area contributed by atoms with Gasteiger partial charge in [-0.15, -0.1) is 0 Å². The second kappa shape index (κ2) is 10.3. The van der Waals surface area contributed by atoms with Crippen LogP contribution in [0.2, 0.25) is 0 Å². The van der Waals surface area contributed by atoms with E-state index in [0.717, 1.165) is 0 Å². The van der Waals surface area contributed by atoms with Crippen molar-refractivity contribution in [2.24, 2.45) is 14.1 Å². The molecule has 6 aromatic heterocycles. The minimum atomic E-state index is 1.23. The van der Waals surface area contributed by atoms with Gasteiger partial charge in [-0.3, -0.25) is 4.57 Å². The summed E-state index contributed by atoms with van der Waals surface area (Å²) in [5.74, 6) is 2.47. The molecule has 0 spiro atoms. The number of rotatable bonds is 2. The summed E-state index contributed by atoms with van der Waals surface area (Å²) in [4.78, 5) is 0. The molecule has 0 saturated carbocycles. The topological polar surface area (TPSA) is 26.4 Å². The van der Waals surface area contributed by atoms with Crippen LogP contribution in [0.3, 0.4) is 0 Å². The highest BCUT2D eigenvalue weighted by atomic mass is 15.2. The van der Waals surface area contributed by atoms with Gasteiger partial charge in [0, 0.05) is 26.0 Å². The molecule has 2 aromatic carbocycles. The molecule has 6 heteroatoms. The second-order valence-electron chi connectivity index (χ2n) is 12.1. The summed E-state index contributed by atoms with van der Waals surface area (Å²) < 4.78 is 13.8. The van der Waals surface area contributed by atoms with Crippen LogP contribution in [0.25, 0.3) is 44.7 Å². The Hall–Kier alpha value is -5.10. The predicted octanol–water partition coefficient (Wildman–Crippen LogP) is 7.27. The van der Waals surface area contributed by atoms with Crippen molar-refractivity contribution >= 4 is 33.4 Å². The first-order valence-corrected chi connectivity index (χ1v) is 15.3.